The molecule has 0 spiro atoms. The number of ether oxygens (including phenoxy) is 1. The first-order valence-corrected chi connectivity index (χ1v) is 5.76. The molecule has 102 valence electrons. The van der Waals surface area contributed by atoms with Crippen molar-refractivity contribution in [1.29, 1.82) is 0 Å². The number of hydrogen-bond donors (Lipinski definition) is 0. The Morgan fingerprint density at radius 1 is 1.05 bits per heavy atom. The second-order valence-corrected chi connectivity index (χ2v) is 4.52. The van der Waals surface area contributed by atoms with Crippen molar-refractivity contribution in [2.24, 2.45) is 0 Å². The van der Waals surface area contributed by atoms with Crippen LogP contribution in [0.2, 0.25) is 0 Å². The number of fused-ring (bicyclic) bond motifs is 1. The standard InChI is InChI=1S/C14H12F4O/c1-8(2)10-5-3-4-9-6-7-11(15)13(12(9)10)19-14(16,17)18/h3-8H,1-2H3. The van der Waals surface area contributed by atoms with E-state index in [9.17, 15) is 17.6 Å². The van der Waals surface area contributed by atoms with E-state index in [-0.39, 0.29) is 11.3 Å². The van der Waals surface area contributed by atoms with Crippen LogP contribution >= 0.6 is 0 Å². The zero-order valence-corrected chi connectivity index (χ0v) is 10.4. The summed E-state index contributed by atoms with van der Waals surface area (Å²) in [5.74, 6) is -1.81. The second-order valence-electron chi connectivity index (χ2n) is 4.52. The van der Waals surface area contributed by atoms with Crippen molar-refractivity contribution >= 4 is 10.8 Å². The molecule has 1 nitrogen and oxygen atoms in total. The normalized spacial score (nSPS) is 12.2. The van der Waals surface area contributed by atoms with E-state index in [2.05, 4.69) is 4.74 Å². The van der Waals surface area contributed by atoms with Crippen LogP contribution < -0.4 is 4.74 Å². The molecule has 0 saturated carbocycles. The molecule has 0 bridgehead atoms. The van der Waals surface area contributed by atoms with Crippen molar-refractivity contribution in [3.05, 3.63) is 41.7 Å². The Hall–Kier alpha value is -1.78. The van der Waals surface area contributed by atoms with Gasteiger partial charge in [-0.1, -0.05) is 38.1 Å². The lowest BCUT2D eigenvalue weighted by Crippen LogP contribution is -2.18. The lowest BCUT2D eigenvalue weighted by atomic mass is 9.95. The first kappa shape index (κ1) is 13.6. The highest BCUT2D eigenvalue weighted by Crippen LogP contribution is 2.37. The molecule has 0 aliphatic heterocycles. The zero-order chi connectivity index (χ0) is 14.2. The Morgan fingerprint density at radius 3 is 2.32 bits per heavy atom. The molecule has 0 radical (unpaired) electrons. The van der Waals surface area contributed by atoms with E-state index in [1.165, 1.54) is 6.07 Å². The average molecular weight is 272 g/mol. The quantitative estimate of drug-likeness (QED) is 0.699. The van der Waals surface area contributed by atoms with Crippen molar-refractivity contribution < 1.29 is 22.3 Å². The first-order chi connectivity index (χ1) is 8.79. The van der Waals surface area contributed by atoms with Gasteiger partial charge in [-0.2, -0.15) is 0 Å². The van der Waals surface area contributed by atoms with Gasteiger partial charge in [0, 0.05) is 5.39 Å². The fraction of sp³-hybridized carbons (Fsp3) is 0.286. The van der Waals surface area contributed by atoms with Gasteiger partial charge in [-0.05, 0) is 22.9 Å². The highest BCUT2D eigenvalue weighted by molar-refractivity contribution is 5.92. The van der Waals surface area contributed by atoms with Gasteiger partial charge in [-0.3, -0.25) is 0 Å². The number of hydrogen-bond acceptors (Lipinski definition) is 1. The molecule has 0 aromatic heterocycles. The number of rotatable bonds is 2. The second kappa shape index (κ2) is 4.72. The van der Waals surface area contributed by atoms with Crippen LogP contribution in [0, 0.1) is 5.82 Å². The fourth-order valence-corrected chi connectivity index (χ4v) is 2.04. The number of benzene rings is 2. The molecule has 0 N–H and O–H groups in total. The summed E-state index contributed by atoms with van der Waals surface area (Å²) in [5, 5.41) is 0.696. The van der Waals surface area contributed by atoms with Gasteiger partial charge in [-0.25, -0.2) is 4.39 Å². The summed E-state index contributed by atoms with van der Waals surface area (Å²) in [6, 6.07) is 7.46. The highest BCUT2D eigenvalue weighted by Gasteiger charge is 2.33. The number of halogens is 4. The van der Waals surface area contributed by atoms with E-state index in [4.69, 9.17) is 0 Å². The largest absolute Gasteiger partial charge is 0.573 e. The Balaban J connectivity index is 2.76. The molecule has 0 aliphatic carbocycles. The van der Waals surface area contributed by atoms with Gasteiger partial charge in [0.05, 0.1) is 0 Å². The Morgan fingerprint density at radius 2 is 1.74 bits per heavy atom. The van der Waals surface area contributed by atoms with Crippen LogP contribution in [0.3, 0.4) is 0 Å². The number of alkyl halides is 3. The smallest absolute Gasteiger partial charge is 0.402 e. The zero-order valence-electron chi connectivity index (χ0n) is 10.4. The van der Waals surface area contributed by atoms with E-state index >= 15 is 0 Å². The molecule has 5 heteroatoms. The van der Waals surface area contributed by atoms with E-state index in [1.54, 1.807) is 18.2 Å². The van der Waals surface area contributed by atoms with Crippen LogP contribution in [-0.4, -0.2) is 6.36 Å². The molecule has 2 rings (SSSR count). The molecule has 0 amide bonds. The van der Waals surface area contributed by atoms with Gasteiger partial charge in [0.25, 0.3) is 0 Å². The summed E-state index contributed by atoms with van der Waals surface area (Å²) >= 11 is 0. The van der Waals surface area contributed by atoms with Crippen LogP contribution in [0.5, 0.6) is 5.75 Å². The Labute approximate surface area is 107 Å². The molecular weight excluding hydrogens is 260 g/mol. The SMILES string of the molecule is CC(C)c1cccc2ccc(F)c(OC(F)(F)F)c12. The van der Waals surface area contributed by atoms with E-state index in [1.807, 2.05) is 13.8 Å². The maximum Gasteiger partial charge on any atom is 0.573 e. The van der Waals surface area contributed by atoms with Crippen LogP contribution in [0.15, 0.2) is 30.3 Å². The molecular formula is C14H12F4O. The molecule has 0 fully saturated rings. The van der Waals surface area contributed by atoms with Crippen LogP contribution in [0.25, 0.3) is 10.8 Å². The third-order valence-electron chi connectivity index (χ3n) is 2.82. The fourth-order valence-electron chi connectivity index (χ4n) is 2.04. The van der Waals surface area contributed by atoms with Gasteiger partial charge < -0.3 is 4.74 Å². The lowest BCUT2D eigenvalue weighted by molar-refractivity contribution is -0.275. The molecule has 2 aromatic rings. The maximum absolute atomic E-state index is 13.7. The summed E-state index contributed by atoms with van der Waals surface area (Å²) < 4.78 is 54.7. The van der Waals surface area contributed by atoms with E-state index < -0.39 is 17.9 Å². The van der Waals surface area contributed by atoms with Crippen LogP contribution in [0.4, 0.5) is 17.6 Å². The molecule has 19 heavy (non-hydrogen) atoms. The average Bonchev–Trinajstić information content (AvgIpc) is 2.30. The third kappa shape index (κ3) is 2.80. The minimum Gasteiger partial charge on any atom is -0.402 e. The predicted octanol–water partition coefficient (Wildman–Crippen LogP) is 5.00. The van der Waals surface area contributed by atoms with Crippen molar-refractivity contribution in [2.45, 2.75) is 26.1 Å². The van der Waals surface area contributed by atoms with Gasteiger partial charge in [0.15, 0.2) is 11.6 Å². The summed E-state index contributed by atoms with van der Waals surface area (Å²) in [6.45, 7) is 3.66. The van der Waals surface area contributed by atoms with Gasteiger partial charge >= 0.3 is 6.36 Å². The molecule has 0 aliphatic rings. The van der Waals surface area contributed by atoms with Crippen molar-refractivity contribution in [1.82, 2.24) is 0 Å². The summed E-state index contributed by atoms with van der Waals surface area (Å²) in [4.78, 5) is 0. The van der Waals surface area contributed by atoms with Crippen molar-refractivity contribution in [3.63, 3.8) is 0 Å². The van der Waals surface area contributed by atoms with Crippen LogP contribution in [0.1, 0.15) is 25.3 Å². The molecule has 0 atom stereocenters. The van der Waals surface area contributed by atoms with Gasteiger partial charge in [0.1, 0.15) is 0 Å². The summed E-state index contributed by atoms with van der Waals surface area (Å²) in [5.41, 5.74) is 0.622. The maximum atomic E-state index is 13.7. The molecule has 0 unspecified atom stereocenters. The Bertz CT molecular complexity index is 602. The molecule has 2 aromatic carbocycles. The third-order valence-corrected chi connectivity index (χ3v) is 2.82. The molecule has 0 heterocycles. The topological polar surface area (TPSA) is 9.23 Å². The summed E-state index contributed by atoms with van der Waals surface area (Å²) in [6.07, 6.45) is -4.92. The molecule has 0 saturated heterocycles. The monoisotopic (exact) mass is 272 g/mol. The minimum atomic E-state index is -4.92. The first-order valence-electron chi connectivity index (χ1n) is 5.76. The van der Waals surface area contributed by atoms with Gasteiger partial charge in [0.2, 0.25) is 0 Å². The van der Waals surface area contributed by atoms with E-state index in [0.717, 1.165) is 6.07 Å². The predicted molar refractivity (Wildman–Crippen MR) is 64.7 cm³/mol. The van der Waals surface area contributed by atoms with Gasteiger partial charge in [-0.15, -0.1) is 13.2 Å². The lowest BCUT2D eigenvalue weighted by Gasteiger charge is -2.16. The minimum absolute atomic E-state index is 0.0407. The van der Waals surface area contributed by atoms with Crippen molar-refractivity contribution in [2.75, 3.05) is 0 Å². The summed E-state index contributed by atoms with van der Waals surface area (Å²) in [7, 11) is 0. The van der Waals surface area contributed by atoms with E-state index in [0.29, 0.717) is 10.9 Å². The highest BCUT2D eigenvalue weighted by atomic mass is 19.4. The van der Waals surface area contributed by atoms with Crippen LogP contribution in [-0.2, 0) is 0 Å². The Kier molecular flexibility index (Phi) is 3.39. The van der Waals surface area contributed by atoms with Crippen molar-refractivity contribution in [3.8, 4) is 5.75 Å².